The Kier molecular flexibility index (Phi) is 5.26. The van der Waals surface area contributed by atoms with Gasteiger partial charge in [-0.1, -0.05) is 0 Å². The fraction of sp³-hybridized carbons (Fsp3) is 0.579. The van der Waals surface area contributed by atoms with Crippen LogP contribution in [0.1, 0.15) is 25.3 Å². The maximum Gasteiger partial charge on any atom is 0.265 e. The Morgan fingerprint density at radius 3 is 2.66 bits per heavy atom. The number of benzene rings is 1. The van der Waals surface area contributed by atoms with Crippen molar-refractivity contribution < 1.29 is 27.5 Å². The highest BCUT2D eigenvalue weighted by molar-refractivity contribution is 7.89. The minimum atomic E-state index is -3.90. The summed E-state index contributed by atoms with van der Waals surface area (Å²) in [6, 6.07) is 2.35. The lowest BCUT2D eigenvalue weighted by Gasteiger charge is -2.32. The first-order valence-corrected chi connectivity index (χ1v) is 11.2. The second kappa shape index (κ2) is 7.58. The Morgan fingerprint density at radius 2 is 1.93 bits per heavy atom. The highest BCUT2D eigenvalue weighted by Crippen LogP contribution is 2.37. The van der Waals surface area contributed by atoms with E-state index in [1.165, 1.54) is 10.4 Å². The number of aryl methyl sites for hydroxylation is 1. The normalized spacial score (nSPS) is 25.3. The predicted octanol–water partition coefficient (Wildman–Crippen LogP) is 0.726. The first-order valence-electron chi connectivity index (χ1n) is 9.79. The number of carbonyl (C=O) groups is 2. The second-order valence-corrected chi connectivity index (χ2v) is 9.43. The number of amides is 2. The largest absolute Gasteiger partial charge is 0.479 e. The molecule has 3 heterocycles. The first-order chi connectivity index (χ1) is 13.8. The number of fused-ring (bicyclic) bond motifs is 1. The summed E-state index contributed by atoms with van der Waals surface area (Å²) < 4.78 is 39.1. The summed E-state index contributed by atoms with van der Waals surface area (Å²) in [4.78, 5) is 26.6. The van der Waals surface area contributed by atoms with Crippen LogP contribution in [0.4, 0.5) is 5.69 Å². The van der Waals surface area contributed by atoms with Gasteiger partial charge in [0.2, 0.25) is 15.9 Å². The van der Waals surface area contributed by atoms with Crippen LogP contribution in [-0.2, 0) is 24.3 Å². The number of rotatable bonds is 3. The topological polar surface area (TPSA) is 105 Å². The fourth-order valence-electron chi connectivity index (χ4n) is 4.02. The number of morpholine rings is 1. The summed E-state index contributed by atoms with van der Waals surface area (Å²) in [6.45, 7) is 5.47. The molecule has 1 aromatic carbocycles. The third kappa shape index (κ3) is 3.60. The molecule has 29 heavy (non-hydrogen) atoms. The molecule has 4 rings (SSSR count). The molecule has 0 aliphatic carbocycles. The van der Waals surface area contributed by atoms with E-state index >= 15 is 0 Å². The molecule has 0 saturated carbocycles. The van der Waals surface area contributed by atoms with Gasteiger partial charge in [0.1, 0.15) is 11.8 Å². The average molecular weight is 423 g/mol. The summed E-state index contributed by atoms with van der Waals surface area (Å²) in [6.07, 6.45) is 0.430. The second-order valence-electron chi connectivity index (χ2n) is 7.57. The zero-order valence-corrected chi connectivity index (χ0v) is 17.3. The minimum Gasteiger partial charge on any atom is -0.479 e. The van der Waals surface area contributed by atoms with E-state index < -0.39 is 22.2 Å². The van der Waals surface area contributed by atoms with Crippen molar-refractivity contribution in [3.05, 3.63) is 17.7 Å². The van der Waals surface area contributed by atoms with Gasteiger partial charge in [-0.2, -0.15) is 4.31 Å². The standard InChI is InChI=1S/C19H25N3O6S/c1-12-10-14-16(28-13(2)18(23)20-14)11-17(12)29(25,26)22-5-3-4-15(22)19(24)21-6-8-27-9-7-21/h10-11,13,15H,3-9H2,1-2H3,(H,20,23)/t13-,15+/m0/s1. The fourth-order valence-corrected chi connectivity index (χ4v) is 5.89. The van der Waals surface area contributed by atoms with E-state index in [0.717, 1.165) is 0 Å². The summed E-state index contributed by atoms with van der Waals surface area (Å²) in [5.41, 5.74) is 0.943. The van der Waals surface area contributed by atoms with Crippen LogP contribution in [0.3, 0.4) is 0 Å². The number of ether oxygens (including phenoxy) is 2. The molecule has 0 bridgehead atoms. The molecule has 0 radical (unpaired) electrons. The molecular formula is C19H25N3O6S. The first kappa shape index (κ1) is 20.1. The van der Waals surface area contributed by atoms with Gasteiger partial charge in [-0.05, 0) is 38.3 Å². The van der Waals surface area contributed by atoms with Crippen molar-refractivity contribution in [1.82, 2.24) is 9.21 Å². The predicted molar refractivity (Wildman–Crippen MR) is 104 cm³/mol. The van der Waals surface area contributed by atoms with E-state index in [-0.39, 0.29) is 16.7 Å². The van der Waals surface area contributed by atoms with Crippen LogP contribution in [-0.4, -0.2) is 74.4 Å². The Morgan fingerprint density at radius 1 is 1.21 bits per heavy atom. The average Bonchev–Trinajstić information content (AvgIpc) is 3.19. The van der Waals surface area contributed by atoms with Crippen LogP contribution < -0.4 is 10.1 Å². The molecule has 158 valence electrons. The van der Waals surface area contributed by atoms with Crippen molar-refractivity contribution in [3.63, 3.8) is 0 Å². The molecule has 0 aromatic heterocycles. The Balaban J connectivity index is 1.65. The van der Waals surface area contributed by atoms with Crippen LogP contribution in [0, 0.1) is 6.92 Å². The number of anilines is 1. The number of hydrogen-bond donors (Lipinski definition) is 1. The molecule has 3 aliphatic rings. The summed E-state index contributed by atoms with van der Waals surface area (Å²) in [5, 5.41) is 2.72. The molecule has 0 unspecified atom stereocenters. The van der Waals surface area contributed by atoms with E-state index in [2.05, 4.69) is 5.32 Å². The molecule has 2 amide bonds. The van der Waals surface area contributed by atoms with Gasteiger partial charge >= 0.3 is 0 Å². The zero-order valence-electron chi connectivity index (χ0n) is 16.5. The van der Waals surface area contributed by atoms with Crippen molar-refractivity contribution in [2.75, 3.05) is 38.2 Å². The minimum absolute atomic E-state index is 0.0984. The molecular weight excluding hydrogens is 398 g/mol. The molecule has 2 saturated heterocycles. The van der Waals surface area contributed by atoms with Crippen LogP contribution in [0.5, 0.6) is 5.75 Å². The van der Waals surface area contributed by atoms with Gasteiger partial charge in [0.25, 0.3) is 5.91 Å². The van der Waals surface area contributed by atoms with Crippen molar-refractivity contribution in [2.45, 2.75) is 43.7 Å². The van der Waals surface area contributed by atoms with Gasteiger partial charge in [0, 0.05) is 25.7 Å². The molecule has 1 N–H and O–H groups in total. The van der Waals surface area contributed by atoms with Gasteiger partial charge in [0.15, 0.2) is 6.10 Å². The summed E-state index contributed by atoms with van der Waals surface area (Å²) >= 11 is 0. The van der Waals surface area contributed by atoms with Crippen LogP contribution >= 0.6 is 0 Å². The smallest absolute Gasteiger partial charge is 0.265 e. The van der Waals surface area contributed by atoms with E-state index in [9.17, 15) is 18.0 Å². The molecule has 3 aliphatic heterocycles. The Labute approximate surface area is 170 Å². The van der Waals surface area contributed by atoms with Gasteiger partial charge < -0.3 is 19.7 Å². The maximum atomic E-state index is 13.5. The Hall–Kier alpha value is -2.17. The number of sulfonamides is 1. The highest BCUT2D eigenvalue weighted by atomic mass is 32.2. The molecule has 2 fully saturated rings. The molecule has 9 nitrogen and oxygen atoms in total. The van der Waals surface area contributed by atoms with Gasteiger partial charge in [-0.25, -0.2) is 8.42 Å². The summed E-state index contributed by atoms with van der Waals surface area (Å²) in [5.74, 6) is -0.123. The maximum absolute atomic E-state index is 13.5. The van der Waals surface area contributed by atoms with Crippen molar-refractivity contribution in [1.29, 1.82) is 0 Å². The lowest BCUT2D eigenvalue weighted by atomic mass is 10.1. The van der Waals surface area contributed by atoms with E-state index in [4.69, 9.17) is 9.47 Å². The number of carbonyl (C=O) groups excluding carboxylic acids is 2. The number of hydrogen-bond acceptors (Lipinski definition) is 6. The third-order valence-corrected chi connectivity index (χ3v) is 7.66. The monoisotopic (exact) mass is 423 g/mol. The Bertz CT molecular complexity index is 942. The summed E-state index contributed by atoms with van der Waals surface area (Å²) in [7, 11) is -3.90. The van der Waals surface area contributed by atoms with E-state index in [1.54, 1.807) is 24.8 Å². The highest BCUT2D eigenvalue weighted by Gasteiger charge is 2.42. The molecule has 0 spiro atoms. The van der Waals surface area contributed by atoms with Gasteiger partial charge in [0.05, 0.1) is 23.8 Å². The molecule has 10 heteroatoms. The SMILES string of the molecule is Cc1cc2c(cc1S(=O)(=O)N1CCC[C@@H]1C(=O)N1CCOCC1)O[C@@H](C)C(=O)N2. The molecule has 1 aromatic rings. The number of nitrogens with zero attached hydrogens (tertiary/aromatic N) is 2. The van der Waals surface area contributed by atoms with Crippen LogP contribution in [0.15, 0.2) is 17.0 Å². The lowest BCUT2D eigenvalue weighted by Crippen LogP contribution is -2.51. The van der Waals surface area contributed by atoms with E-state index in [0.29, 0.717) is 62.7 Å². The zero-order chi connectivity index (χ0) is 20.8. The lowest BCUT2D eigenvalue weighted by molar-refractivity contribution is -0.138. The quantitative estimate of drug-likeness (QED) is 0.768. The van der Waals surface area contributed by atoms with Crippen molar-refractivity contribution in [3.8, 4) is 5.75 Å². The molecule has 2 atom stereocenters. The van der Waals surface area contributed by atoms with Crippen LogP contribution in [0.2, 0.25) is 0 Å². The number of nitrogens with one attached hydrogen (secondary N) is 1. The van der Waals surface area contributed by atoms with Crippen molar-refractivity contribution >= 4 is 27.5 Å². The van der Waals surface area contributed by atoms with Crippen LogP contribution in [0.25, 0.3) is 0 Å². The third-order valence-electron chi connectivity index (χ3n) is 5.61. The van der Waals surface area contributed by atoms with E-state index in [1.807, 2.05) is 0 Å². The van der Waals surface area contributed by atoms with Gasteiger partial charge in [-0.15, -0.1) is 0 Å². The van der Waals surface area contributed by atoms with Crippen molar-refractivity contribution in [2.24, 2.45) is 0 Å². The van der Waals surface area contributed by atoms with Gasteiger partial charge in [-0.3, -0.25) is 9.59 Å².